The summed E-state index contributed by atoms with van der Waals surface area (Å²) in [4.78, 5) is 26.5. The third-order valence-corrected chi connectivity index (χ3v) is 5.91. The number of hydrogen-bond donors (Lipinski definition) is 1. The lowest BCUT2D eigenvalue weighted by molar-refractivity contribution is -0.116. The molecule has 0 unspecified atom stereocenters. The van der Waals surface area contributed by atoms with Crippen molar-refractivity contribution in [3.05, 3.63) is 70.5 Å². The molecule has 0 saturated carbocycles. The van der Waals surface area contributed by atoms with Gasteiger partial charge in [-0.25, -0.2) is 13.5 Å². The summed E-state index contributed by atoms with van der Waals surface area (Å²) in [5, 5.41) is 7.33. The fourth-order valence-electron chi connectivity index (χ4n) is 4.45. The van der Waals surface area contributed by atoms with Crippen LogP contribution < -0.4 is 10.2 Å². The summed E-state index contributed by atoms with van der Waals surface area (Å²) in [6.07, 6.45) is 3.03. The Morgan fingerprint density at radius 3 is 2.65 bits per heavy atom. The molecule has 1 aromatic heterocycles. The molecule has 1 aliphatic carbocycles. The standard InChI is InChI=1S/C23H20F2N4O2/c1-13(30)28-10-9-14-11-15(5-8-20(14)28)26-23(31)22-17-3-2-4-21(17)29(27-22)16-6-7-18(24)19(25)12-16/h5-8,11-12H,2-4,9-10H2,1H3,(H,26,31). The zero-order valence-corrected chi connectivity index (χ0v) is 16.9. The van der Waals surface area contributed by atoms with Crippen molar-refractivity contribution in [2.75, 3.05) is 16.8 Å². The fourth-order valence-corrected chi connectivity index (χ4v) is 4.45. The van der Waals surface area contributed by atoms with Crippen LogP contribution in [0.1, 0.15) is 40.7 Å². The molecule has 31 heavy (non-hydrogen) atoms. The van der Waals surface area contributed by atoms with Crippen LogP contribution in [0.25, 0.3) is 5.69 Å². The summed E-state index contributed by atoms with van der Waals surface area (Å²) in [6.45, 7) is 2.17. The van der Waals surface area contributed by atoms with Gasteiger partial charge in [0, 0.05) is 42.2 Å². The number of nitrogens with one attached hydrogen (secondary N) is 1. The molecule has 2 aromatic carbocycles. The first kappa shape index (κ1) is 19.4. The van der Waals surface area contributed by atoms with Crippen LogP contribution >= 0.6 is 0 Å². The van der Waals surface area contributed by atoms with Crippen molar-refractivity contribution in [2.45, 2.75) is 32.6 Å². The van der Waals surface area contributed by atoms with E-state index in [1.54, 1.807) is 11.0 Å². The normalized spacial score (nSPS) is 14.5. The Hall–Kier alpha value is -3.55. The molecule has 8 heteroatoms. The van der Waals surface area contributed by atoms with Crippen LogP contribution in [0, 0.1) is 11.6 Å². The second-order valence-electron chi connectivity index (χ2n) is 7.86. The van der Waals surface area contributed by atoms with Gasteiger partial charge in [-0.05, 0) is 61.6 Å². The summed E-state index contributed by atoms with van der Waals surface area (Å²) in [6, 6.07) is 9.08. The van der Waals surface area contributed by atoms with Gasteiger partial charge in [0.25, 0.3) is 5.91 Å². The van der Waals surface area contributed by atoms with Crippen molar-refractivity contribution in [1.29, 1.82) is 0 Å². The van der Waals surface area contributed by atoms with Gasteiger partial charge >= 0.3 is 0 Å². The number of amides is 2. The van der Waals surface area contributed by atoms with Crippen molar-refractivity contribution < 1.29 is 18.4 Å². The molecule has 1 aliphatic heterocycles. The van der Waals surface area contributed by atoms with Gasteiger partial charge in [-0.15, -0.1) is 0 Å². The van der Waals surface area contributed by atoms with Gasteiger partial charge in [0.2, 0.25) is 5.91 Å². The summed E-state index contributed by atoms with van der Waals surface area (Å²) in [5.74, 6) is -2.23. The van der Waals surface area contributed by atoms with Gasteiger partial charge in [0.1, 0.15) is 0 Å². The summed E-state index contributed by atoms with van der Waals surface area (Å²) >= 11 is 0. The van der Waals surface area contributed by atoms with E-state index in [0.717, 1.165) is 47.5 Å². The number of hydrogen-bond acceptors (Lipinski definition) is 3. The Morgan fingerprint density at radius 2 is 1.87 bits per heavy atom. The van der Waals surface area contributed by atoms with Crippen LogP contribution in [-0.4, -0.2) is 28.1 Å². The number of anilines is 2. The van der Waals surface area contributed by atoms with Crippen LogP contribution in [0.4, 0.5) is 20.2 Å². The van der Waals surface area contributed by atoms with Gasteiger partial charge in [-0.1, -0.05) is 0 Å². The highest BCUT2D eigenvalue weighted by Gasteiger charge is 2.28. The Morgan fingerprint density at radius 1 is 1.03 bits per heavy atom. The molecule has 5 rings (SSSR count). The van der Waals surface area contributed by atoms with Crippen molar-refractivity contribution in [2.24, 2.45) is 0 Å². The molecule has 0 radical (unpaired) electrons. The number of fused-ring (bicyclic) bond motifs is 2. The average Bonchev–Trinajstić information content (AvgIpc) is 3.44. The maximum Gasteiger partial charge on any atom is 0.276 e. The quantitative estimate of drug-likeness (QED) is 0.698. The van der Waals surface area contributed by atoms with Crippen molar-refractivity contribution in [3.63, 3.8) is 0 Å². The molecule has 3 aromatic rings. The number of aromatic nitrogens is 2. The van der Waals surface area contributed by atoms with E-state index in [1.807, 2.05) is 12.1 Å². The Balaban J connectivity index is 1.44. The molecule has 6 nitrogen and oxygen atoms in total. The maximum absolute atomic E-state index is 13.7. The highest BCUT2D eigenvalue weighted by molar-refractivity contribution is 6.04. The van der Waals surface area contributed by atoms with Gasteiger partial charge in [-0.2, -0.15) is 5.10 Å². The zero-order valence-electron chi connectivity index (χ0n) is 16.9. The summed E-state index contributed by atoms with van der Waals surface area (Å²) < 4.78 is 28.6. The summed E-state index contributed by atoms with van der Waals surface area (Å²) in [7, 11) is 0. The van der Waals surface area contributed by atoms with Crippen molar-refractivity contribution in [3.8, 4) is 5.69 Å². The minimum absolute atomic E-state index is 0.00568. The topological polar surface area (TPSA) is 67.2 Å². The molecule has 0 saturated heterocycles. The number of halogens is 2. The highest BCUT2D eigenvalue weighted by Crippen LogP contribution is 2.32. The number of carbonyl (C=O) groups is 2. The van der Waals surface area contributed by atoms with E-state index >= 15 is 0 Å². The van der Waals surface area contributed by atoms with E-state index in [-0.39, 0.29) is 11.8 Å². The number of rotatable bonds is 3. The Labute approximate surface area is 177 Å². The fraction of sp³-hybridized carbons (Fsp3) is 0.261. The smallest absolute Gasteiger partial charge is 0.276 e. The molecule has 1 N–H and O–H groups in total. The lowest BCUT2D eigenvalue weighted by atomic mass is 10.1. The number of benzene rings is 2. The van der Waals surface area contributed by atoms with Crippen molar-refractivity contribution >= 4 is 23.2 Å². The summed E-state index contributed by atoms with van der Waals surface area (Å²) in [5.41, 5.74) is 4.87. The van der Waals surface area contributed by atoms with Crippen molar-refractivity contribution in [1.82, 2.24) is 9.78 Å². The molecule has 158 valence electrons. The first-order valence-corrected chi connectivity index (χ1v) is 10.2. The van der Waals surface area contributed by atoms with E-state index in [1.165, 1.54) is 17.7 Å². The SMILES string of the molecule is CC(=O)N1CCc2cc(NC(=O)c3nn(-c4ccc(F)c(F)c4)c4c3CCC4)ccc21. The largest absolute Gasteiger partial charge is 0.321 e. The predicted molar refractivity (Wildman–Crippen MR) is 112 cm³/mol. The molecular weight excluding hydrogens is 402 g/mol. The van der Waals surface area contributed by atoms with Gasteiger partial charge in [-0.3, -0.25) is 9.59 Å². The van der Waals surface area contributed by atoms with Crippen LogP contribution in [0.5, 0.6) is 0 Å². The molecule has 2 heterocycles. The first-order valence-electron chi connectivity index (χ1n) is 10.2. The third-order valence-electron chi connectivity index (χ3n) is 5.91. The molecule has 0 fully saturated rings. The molecule has 2 amide bonds. The average molecular weight is 422 g/mol. The Bertz CT molecular complexity index is 1230. The van der Waals surface area contributed by atoms with E-state index in [2.05, 4.69) is 10.4 Å². The monoisotopic (exact) mass is 422 g/mol. The van der Waals surface area contributed by atoms with Gasteiger partial charge in [0.05, 0.1) is 5.69 Å². The van der Waals surface area contributed by atoms with E-state index < -0.39 is 11.6 Å². The maximum atomic E-state index is 13.7. The van der Waals surface area contributed by atoms with E-state index in [4.69, 9.17) is 0 Å². The van der Waals surface area contributed by atoms with E-state index in [9.17, 15) is 18.4 Å². The molecule has 0 atom stereocenters. The number of nitrogens with zero attached hydrogens (tertiary/aromatic N) is 3. The van der Waals surface area contributed by atoms with Crippen LogP contribution in [0.2, 0.25) is 0 Å². The third kappa shape index (κ3) is 3.28. The minimum atomic E-state index is -0.955. The van der Waals surface area contributed by atoms with E-state index in [0.29, 0.717) is 36.5 Å². The molecule has 0 bridgehead atoms. The van der Waals surface area contributed by atoms with Crippen LogP contribution in [0.3, 0.4) is 0 Å². The Kier molecular flexibility index (Phi) is 4.57. The highest BCUT2D eigenvalue weighted by atomic mass is 19.2. The van der Waals surface area contributed by atoms with Crippen LogP contribution in [-0.2, 0) is 24.1 Å². The second kappa shape index (κ2) is 7.30. The zero-order chi connectivity index (χ0) is 21.7. The number of carbonyl (C=O) groups excluding carboxylic acids is 2. The molecule has 0 spiro atoms. The lowest BCUT2D eigenvalue weighted by Crippen LogP contribution is -2.25. The first-order chi connectivity index (χ1) is 14.9. The molecule has 2 aliphatic rings. The lowest BCUT2D eigenvalue weighted by Gasteiger charge is -2.15. The minimum Gasteiger partial charge on any atom is -0.321 e. The van der Waals surface area contributed by atoms with Gasteiger partial charge in [0.15, 0.2) is 17.3 Å². The van der Waals surface area contributed by atoms with Crippen LogP contribution in [0.15, 0.2) is 36.4 Å². The predicted octanol–water partition coefficient (Wildman–Crippen LogP) is 3.80. The second-order valence-corrected chi connectivity index (χ2v) is 7.86. The molecular formula is C23H20F2N4O2. The van der Waals surface area contributed by atoms with Gasteiger partial charge < -0.3 is 10.2 Å².